The van der Waals surface area contributed by atoms with Gasteiger partial charge in [0.2, 0.25) is 11.8 Å². The van der Waals surface area contributed by atoms with Crippen molar-refractivity contribution < 1.29 is 14.0 Å². The first-order valence-electron chi connectivity index (χ1n) is 8.08. The summed E-state index contributed by atoms with van der Waals surface area (Å²) in [6, 6.07) is 6.39. The zero-order valence-corrected chi connectivity index (χ0v) is 13.3. The number of hydrogen-bond donors (Lipinski definition) is 1. The van der Waals surface area contributed by atoms with Crippen LogP contribution in [-0.2, 0) is 9.59 Å². The number of rotatable bonds is 3. The van der Waals surface area contributed by atoms with Crippen molar-refractivity contribution in [1.82, 2.24) is 15.1 Å². The molecule has 3 rings (SSSR count). The van der Waals surface area contributed by atoms with Crippen LogP contribution in [0.5, 0.6) is 0 Å². The lowest BCUT2D eigenvalue weighted by Gasteiger charge is -2.31. The maximum Gasteiger partial charge on any atom is 0.242 e. The Labute approximate surface area is 135 Å². The number of likely N-dealkylation sites (tertiary alicyclic amines) is 1. The standard InChI is InChI=1S/C17H22FN3O2/c1-12-8-15(13-4-2-3-5-14(13)18)21(10-12)17(23)11-20-7-6-19-9-16(20)22/h2-5,12,15,19H,6-11H2,1H3/t12-,15+/m0/s1. The fourth-order valence-electron chi connectivity index (χ4n) is 3.43. The summed E-state index contributed by atoms with van der Waals surface area (Å²) in [4.78, 5) is 27.9. The summed E-state index contributed by atoms with van der Waals surface area (Å²) in [7, 11) is 0. The Morgan fingerprint density at radius 1 is 1.39 bits per heavy atom. The summed E-state index contributed by atoms with van der Waals surface area (Å²) in [5, 5.41) is 2.99. The van der Waals surface area contributed by atoms with Crippen molar-refractivity contribution in [3.05, 3.63) is 35.6 Å². The normalized spacial score (nSPS) is 25.0. The SMILES string of the molecule is C[C@H]1C[C@H](c2ccccc2F)N(C(=O)CN2CCNCC2=O)C1. The highest BCUT2D eigenvalue weighted by molar-refractivity contribution is 5.86. The van der Waals surface area contributed by atoms with Gasteiger partial charge in [-0.25, -0.2) is 4.39 Å². The quantitative estimate of drug-likeness (QED) is 0.910. The molecule has 0 unspecified atom stereocenters. The van der Waals surface area contributed by atoms with E-state index >= 15 is 0 Å². The molecular weight excluding hydrogens is 297 g/mol. The summed E-state index contributed by atoms with van der Waals surface area (Å²) in [6.45, 7) is 4.28. The van der Waals surface area contributed by atoms with Gasteiger partial charge in [-0.05, 0) is 18.4 Å². The average Bonchev–Trinajstić information content (AvgIpc) is 2.92. The van der Waals surface area contributed by atoms with Gasteiger partial charge in [0, 0.05) is 25.2 Å². The molecule has 2 saturated heterocycles. The molecule has 0 bridgehead atoms. The Morgan fingerprint density at radius 3 is 2.91 bits per heavy atom. The van der Waals surface area contributed by atoms with Crippen molar-refractivity contribution in [1.29, 1.82) is 0 Å². The third-order valence-electron chi connectivity index (χ3n) is 4.61. The molecular formula is C17H22FN3O2. The molecule has 2 amide bonds. The summed E-state index contributed by atoms with van der Waals surface area (Å²) < 4.78 is 14.1. The van der Waals surface area contributed by atoms with Crippen LogP contribution >= 0.6 is 0 Å². The molecule has 2 aliphatic heterocycles. The molecule has 0 aromatic heterocycles. The zero-order valence-electron chi connectivity index (χ0n) is 13.3. The second-order valence-electron chi connectivity index (χ2n) is 6.42. The van der Waals surface area contributed by atoms with Crippen molar-refractivity contribution in [3.63, 3.8) is 0 Å². The molecule has 124 valence electrons. The highest BCUT2D eigenvalue weighted by Gasteiger charge is 2.36. The first-order chi connectivity index (χ1) is 11.1. The van der Waals surface area contributed by atoms with E-state index in [2.05, 4.69) is 12.2 Å². The van der Waals surface area contributed by atoms with Crippen LogP contribution in [-0.4, -0.2) is 54.3 Å². The van der Waals surface area contributed by atoms with E-state index in [0.717, 1.165) is 6.42 Å². The van der Waals surface area contributed by atoms with Crippen LogP contribution in [0.2, 0.25) is 0 Å². The van der Waals surface area contributed by atoms with E-state index in [1.54, 1.807) is 28.0 Å². The molecule has 1 aromatic carbocycles. The monoisotopic (exact) mass is 319 g/mol. The Hall–Kier alpha value is -1.95. The Kier molecular flexibility index (Phi) is 4.61. The fraction of sp³-hybridized carbons (Fsp3) is 0.529. The van der Waals surface area contributed by atoms with E-state index in [-0.39, 0.29) is 36.8 Å². The minimum atomic E-state index is -0.275. The van der Waals surface area contributed by atoms with Crippen molar-refractivity contribution in [2.45, 2.75) is 19.4 Å². The molecule has 2 aliphatic rings. The second-order valence-corrected chi connectivity index (χ2v) is 6.42. The molecule has 0 spiro atoms. The highest BCUT2D eigenvalue weighted by Crippen LogP contribution is 2.36. The maximum absolute atomic E-state index is 14.1. The van der Waals surface area contributed by atoms with Gasteiger partial charge in [0.25, 0.3) is 0 Å². The molecule has 0 saturated carbocycles. The highest BCUT2D eigenvalue weighted by atomic mass is 19.1. The number of carbonyl (C=O) groups excluding carboxylic acids is 2. The summed E-state index contributed by atoms with van der Waals surface area (Å²) in [6.07, 6.45) is 0.752. The molecule has 2 fully saturated rings. The van der Waals surface area contributed by atoms with Crippen LogP contribution in [0.4, 0.5) is 4.39 Å². The van der Waals surface area contributed by atoms with Crippen LogP contribution in [0.25, 0.3) is 0 Å². The van der Waals surface area contributed by atoms with Gasteiger partial charge in [-0.2, -0.15) is 0 Å². The van der Waals surface area contributed by atoms with Crippen LogP contribution in [0.1, 0.15) is 24.9 Å². The maximum atomic E-state index is 14.1. The molecule has 2 heterocycles. The zero-order chi connectivity index (χ0) is 16.4. The van der Waals surface area contributed by atoms with Gasteiger partial charge in [-0.1, -0.05) is 25.1 Å². The number of benzene rings is 1. The fourth-order valence-corrected chi connectivity index (χ4v) is 3.43. The van der Waals surface area contributed by atoms with Gasteiger partial charge < -0.3 is 15.1 Å². The Bertz CT molecular complexity index is 607. The number of amides is 2. The number of carbonyl (C=O) groups is 2. The lowest BCUT2D eigenvalue weighted by Crippen LogP contribution is -2.51. The minimum absolute atomic E-state index is 0.0562. The van der Waals surface area contributed by atoms with Gasteiger partial charge in [-0.3, -0.25) is 9.59 Å². The molecule has 1 aromatic rings. The van der Waals surface area contributed by atoms with E-state index < -0.39 is 0 Å². The van der Waals surface area contributed by atoms with Crippen molar-refractivity contribution in [2.24, 2.45) is 5.92 Å². The van der Waals surface area contributed by atoms with Gasteiger partial charge in [-0.15, -0.1) is 0 Å². The summed E-state index contributed by atoms with van der Waals surface area (Å²) in [5.41, 5.74) is 0.567. The van der Waals surface area contributed by atoms with E-state index in [9.17, 15) is 14.0 Å². The van der Waals surface area contributed by atoms with E-state index in [4.69, 9.17) is 0 Å². The summed E-state index contributed by atoms with van der Waals surface area (Å²) >= 11 is 0. The third-order valence-corrected chi connectivity index (χ3v) is 4.61. The smallest absolute Gasteiger partial charge is 0.242 e. The van der Waals surface area contributed by atoms with Gasteiger partial charge in [0.05, 0.1) is 19.1 Å². The average molecular weight is 319 g/mol. The third kappa shape index (κ3) is 3.37. The lowest BCUT2D eigenvalue weighted by molar-refractivity contribution is -0.141. The van der Waals surface area contributed by atoms with Crippen LogP contribution < -0.4 is 5.32 Å². The van der Waals surface area contributed by atoms with Gasteiger partial charge in [0.1, 0.15) is 5.82 Å². The number of nitrogens with zero attached hydrogens (tertiary/aromatic N) is 2. The van der Waals surface area contributed by atoms with E-state index in [1.165, 1.54) is 6.07 Å². The van der Waals surface area contributed by atoms with Crippen LogP contribution in [0.15, 0.2) is 24.3 Å². The number of halogens is 1. The van der Waals surface area contributed by atoms with Gasteiger partial charge >= 0.3 is 0 Å². The Balaban J connectivity index is 1.75. The molecule has 0 aliphatic carbocycles. The molecule has 23 heavy (non-hydrogen) atoms. The van der Waals surface area contributed by atoms with Crippen molar-refractivity contribution >= 4 is 11.8 Å². The first-order valence-corrected chi connectivity index (χ1v) is 8.08. The largest absolute Gasteiger partial charge is 0.334 e. The topological polar surface area (TPSA) is 52.7 Å². The predicted molar refractivity (Wildman–Crippen MR) is 84.1 cm³/mol. The number of nitrogens with one attached hydrogen (secondary N) is 1. The number of piperazine rings is 1. The van der Waals surface area contributed by atoms with Gasteiger partial charge in [0.15, 0.2) is 0 Å². The molecule has 1 N–H and O–H groups in total. The van der Waals surface area contributed by atoms with E-state index in [0.29, 0.717) is 31.1 Å². The van der Waals surface area contributed by atoms with Crippen molar-refractivity contribution in [2.75, 3.05) is 32.7 Å². The minimum Gasteiger partial charge on any atom is -0.334 e. The second kappa shape index (κ2) is 6.66. The van der Waals surface area contributed by atoms with Crippen LogP contribution in [0.3, 0.4) is 0 Å². The predicted octanol–water partition coefficient (Wildman–Crippen LogP) is 1.17. The molecule has 2 atom stereocenters. The van der Waals surface area contributed by atoms with E-state index in [1.807, 2.05) is 0 Å². The number of hydrogen-bond acceptors (Lipinski definition) is 3. The molecule has 5 nitrogen and oxygen atoms in total. The van der Waals surface area contributed by atoms with Crippen LogP contribution in [0, 0.1) is 11.7 Å². The molecule has 6 heteroatoms. The Morgan fingerprint density at radius 2 is 2.17 bits per heavy atom. The lowest BCUT2D eigenvalue weighted by atomic mass is 10.0. The van der Waals surface area contributed by atoms with Crippen molar-refractivity contribution in [3.8, 4) is 0 Å². The molecule has 0 radical (unpaired) electrons. The summed E-state index contributed by atoms with van der Waals surface area (Å²) in [5.74, 6) is -0.109. The first kappa shape index (κ1) is 15.9.